The summed E-state index contributed by atoms with van der Waals surface area (Å²) < 4.78 is 16.9. The lowest BCUT2D eigenvalue weighted by Gasteiger charge is -2.39. The van der Waals surface area contributed by atoms with Crippen LogP contribution in [0.5, 0.6) is 23.0 Å². The van der Waals surface area contributed by atoms with Crippen LogP contribution in [0.3, 0.4) is 0 Å². The predicted octanol–water partition coefficient (Wildman–Crippen LogP) is 0.372. The second-order valence-electron chi connectivity index (χ2n) is 8.10. The van der Waals surface area contributed by atoms with Gasteiger partial charge >= 0.3 is 0 Å². The lowest BCUT2D eigenvalue weighted by Crippen LogP contribution is -2.60. The van der Waals surface area contributed by atoms with Crippen LogP contribution < -0.4 is 10.2 Å². The van der Waals surface area contributed by atoms with Crippen LogP contribution in [0.1, 0.15) is 11.1 Å². The highest BCUT2D eigenvalue weighted by atomic mass is 16.7. The number of fused-ring (bicyclic) bond motifs is 1. The van der Waals surface area contributed by atoms with Crippen molar-refractivity contribution in [2.45, 2.75) is 44.6 Å². The number of hydrogen-bond donors (Lipinski definition) is 7. The second-order valence-corrected chi connectivity index (χ2v) is 8.10. The summed E-state index contributed by atoms with van der Waals surface area (Å²) in [5, 5.41) is 70.1. The molecule has 1 fully saturated rings. The SMILES string of the molecule is Cc1c(O[C@@H]2O[C@H](CO)[C@@H](O)[C@H](O)[C@H]2O)c(C)c2oc(-c3ccc(O)cc3)c(O)c(=O)c2c1O. The van der Waals surface area contributed by atoms with Crippen molar-refractivity contribution in [2.75, 3.05) is 6.61 Å². The molecule has 1 aliphatic rings. The maximum Gasteiger partial charge on any atom is 0.238 e. The molecule has 1 saturated heterocycles. The Labute approximate surface area is 192 Å². The molecule has 0 unspecified atom stereocenters. The van der Waals surface area contributed by atoms with Crippen molar-refractivity contribution in [1.29, 1.82) is 0 Å². The third-order valence-corrected chi connectivity index (χ3v) is 5.91. The number of phenolic OH excluding ortho intramolecular Hbond substituents is 2. The molecule has 34 heavy (non-hydrogen) atoms. The number of aliphatic hydroxyl groups is 4. The third-order valence-electron chi connectivity index (χ3n) is 5.91. The van der Waals surface area contributed by atoms with Crippen molar-refractivity contribution in [3.05, 3.63) is 45.6 Å². The lowest BCUT2D eigenvalue weighted by molar-refractivity contribution is -0.277. The van der Waals surface area contributed by atoms with Gasteiger partial charge in [0.25, 0.3) is 0 Å². The van der Waals surface area contributed by atoms with Crippen molar-refractivity contribution in [3.8, 4) is 34.3 Å². The van der Waals surface area contributed by atoms with Crippen LogP contribution in [0.4, 0.5) is 0 Å². The first kappa shape index (κ1) is 23.8. The number of phenols is 2. The molecule has 0 aliphatic carbocycles. The first-order valence-corrected chi connectivity index (χ1v) is 10.3. The summed E-state index contributed by atoms with van der Waals surface area (Å²) in [5.74, 6) is -1.56. The summed E-state index contributed by atoms with van der Waals surface area (Å²) in [6, 6.07) is 5.53. The molecule has 0 amide bonds. The monoisotopic (exact) mass is 476 g/mol. The molecule has 2 aromatic carbocycles. The van der Waals surface area contributed by atoms with Crippen molar-refractivity contribution in [3.63, 3.8) is 0 Å². The zero-order chi connectivity index (χ0) is 24.9. The van der Waals surface area contributed by atoms with E-state index >= 15 is 0 Å². The van der Waals surface area contributed by atoms with Gasteiger partial charge in [-0.3, -0.25) is 4.79 Å². The molecule has 2 heterocycles. The van der Waals surface area contributed by atoms with E-state index in [9.17, 15) is 40.5 Å². The number of hydrogen-bond acceptors (Lipinski definition) is 11. The molecular formula is C23H24O11. The van der Waals surface area contributed by atoms with Crippen molar-refractivity contribution >= 4 is 11.0 Å². The molecule has 11 heteroatoms. The number of rotatable bonds is 4. The van der Waals surface area contributed by atoms with Gasteiger partial charge in [-0.15, -0.1) is 0 Å². The third kappa shape index (κ3) is 3.73. The Hall–Kier alpha value is -3.35. The molecule has 1 aliphatic heterocycles. The summed E-state index contributed by atoms with van der Waals surface area (Å²) in [4.78, 5) is 12.9. The van der Waals surface area contributed by atoms with E-state index < -0.39 is 54.2 Å². The number of aliphatic hydroxyl groups excluding tert-OH is 4. The number of aryl methyl sites for hydroxylation is 1. The van der Waals surface area contributed by atoms with Gasteiger partial charge in [-0.25, -0.2) is 0 Å². The summed E-state index contributed by atoms with van der Waals surface area (Å²) in [6.45, 7) is 2.27. The Morgan fingerprint density at radius 3 is 2.18 bits per heavy atom. The molecule has 0 bridgehead atoms. The van der Waals surface area contributed by atoms with Gasteiger partial charge in [-0.05, 0) is 38.1 Å². The minimum atomic E-state index is -1.70. The maximum absolute atomic E-state index is 12.9. The minimum absolute atomic E-state index is 0.0361. The smallest absolute Gasteiger partial charge is 0.238 e. The first-order chi connectivity index (χ1) is 16.1. The quantitative estimate of drug-likeness (QED) is 0.275. The molecule has 5 atom stereocenters. The van der Waals surface area contributed by atoms with E-state index in [2.05, 4.69) is 0 Å². The van der Waals surface area contributed by atoms with Crippen molar-refractivity contribution in [2.24, 2.45) is 0 Å². The fourth-order valence-corrected chi connectivity index (χ4v) is 3.95. The van der Waals surface area contributed by atoms with E-state index in [-0.39, 0.29) is 44.9 Å². The number of aromatic hydroxyl groups is 3. The Bertz CT molecular complexity index is 1280. The van der Waals surface area contributed by atoms with Crippen LogP contribution in [0.2, 0.25) is 0 Å². The Morgan fingerprint density at radius 1 is 0.912 bits per heavy atom. The van der Waals surface area contributed by atoms with E-state index in [0.717, 1.165) is 0 Å². The number of ether oxygens (including phenoxy) is 2. The molecule has 1 aromatic heterocycles. The number of benzene rings is 2. The van der Waals surface area contributed by atoms with E-state index in [1.54, 1.807) is 0 Å². The zero-order valence-corrected chi connectivity index (χ0v) is 18.2. The highest BCUT2D eigenvalue weighted by Gasteiger charge is 2.45. The van der Waals surface area contributed by atoms with Crippen LogP contribution in [-0.2, 0) is 4.74 Å². The molecule has 7 N–H and O–H groups in total. The highest BCUT2D eigenvalue weighted by molar-refractivity contribution is 5.92. The normalized spacial score (nSPS) is 24.9. The lowest BCUT2D eigenvalue weighted by atomic mass is 9.99. The van der Waals surface area contributed by atoms with Gasteiger partial charge in [-0.2, -0.15) is 0 Å². The molecule has 11 nitrogen and oxygen atoms in total. The van der Waals surface area contributed by atoms with Crippen molar-refractivity contribution < 1.29 is 49.6 Å². The molecule has 182 valence electrons. The predicted molar refractivity (Wildman–Crippen MR) is 117 cm³/mol. The standard InChI is InChI=1S/C23H24O11/c1-8-14(26)13-16(28)18(30)22(10-3-5-11(25)6-4-10)33-21(13)9(2)20(8)34-23-19(31)17(29)15(27)12(7-24)32-23/h3-6,12,15,17,19,23-27,29-31H,7H2,1-2H3/t12-,15-,17+,19-,23+/m1/s1. The fraction of sp³-hybridized carbons (Fsp3) is 0.348. The average Bonchev–Trinajstić information content (AvgIpc) is 2.82. The summed E-state index contributed by atoms with van der Waals surface area (Å²) in [6.07, 6.45) is -7.71. The fourth-order valence-electron chi connectivity index (χ4n) is 3.95. The summed E-state index contributed by atoms with van der Waals surface area (Å²) in [5.41, 5.74) is -0.462. The average molecular weight is 476 g/mol. The Kier molecular flexibility index (Phi) is 6.14. The molecule has 0 saturated carbocycles. The van der Waals surface area contributed by atoms with Gasteiger partial charge in [0.2, 0.25) is 17.5 Å². The van der Waals surface area contributed by atoms with Crippen LogP contribution in [0, 0.1) is 13.8 Å². The molecule has 0 spiro atoms. The van der Waals surface area contributed by atoms with E-state index in [4.69, 9.17) is 13.9 Å². The topological polar surface area (TPSA) is 190 Å². The largest absolute Gasteiger partial charge is 0.508 e. The molecule has 3 aromatic rings. The Balaban J connectivity index is 1.86. The van der Waals surface area contributed by atoms with E-state index in [1.807, 2.05) is 0 Å². The van der Waals surface area contributed by atoms with Crippen LogP contribution in [-0.4, -0.2) is 73.1 Å². The van der Waals surface area contributed by atoms with Crippen LogP contribution >= 0.6 is 0 Å². The minimum Gasteiger partial charge on any atom is -0.508 e. The zero-order valence-electron chi connectivity index (χ0n) is 18.2. The van der Waals surface area contributed by atoms with Crippen LogP contribution in [0.25, 0.3) is 22.3 Å². The Morgan fingerprint density at radius 2 is 1.56 bits per heavy atom. The van der Waals surface area contributed by atoms with Gasteiger partial charge in [0, 0.05) is 16.7 Å². The maximum atomic E-state index is 12.9. The molecule has 4 rings (SSSR count). The van der Waals surface area contributed by atoms with E-state index in [1.165, 1.54) is 38.1 Å². The van der Waals surface area contributed by atoms with Gasteiger partial charge < -0.3 is 49.6 Å². The summed E-state index contributed by atoms with van der Waals surface area (Å²) >= 11 is 0. The molecular weight excluding hydrogens is 452 g/mol. The van der Waals surface area contributed by atoms with E-state index in [0.29, 0.717) is 0 Å². The highest BCUT2D eigenvalue weighted by Crippen LogP contribution is 2.42. The van der Waals surface area contributed by atoms with Gasteiger partial charge in [0.15, 0.2) is 5.76 Å². The summed E-state index contributed by atoms with van der Waals surface area (Å²) in [7, 11) is 0. The van der Waals surface area contributed by atoms with Crippen molar-refractivity contribution in [1.82, 2.24) is 0 Å². The molecule has 0 radical (unpaired) electrons. The van der Waals surface area contributed by atoms with Gasteiger partial charge in [-0.1, -0.05) is 0 Å². The van der Waals surface area contributed by atoms with Gasteiger partial charge in [0.1, 0.15) is 52.6 Å². The van der Waals surface area contributed by atoms with Gasteiger partial charge in [0.05, 0.1) is 6.61 Å². The van der Waals surface area contributed by atoms with Crippen LogP contribution in [0.15, 0.2) is 33.5 Å². The second kappa shape index (κ2) is 8.78. The first-order valence-electron chi connectivity index (χ1n) is 10.3.